The normalized spacial score (nSPS) is 10.7. The van der Waals surface area contributed by atoms with Crippen molar-refractivity contribution < 1.29 is 9.90 Å². The number of carbonyl (C=O) groups is 1. The van der Waals surface area contributed by atoms with Crippen LogP contribution in [0, 0.1) is 0 Å². The number of aromatic nitrogens is 3. The lowest BCUT2D eigenvalue weighted by molar-refractivity contribution is 0.0698. The molecule has 2 aromatic heterocycles. The van der Waals surface area contributed by atoms with Gasteiger partial charge in [-0.3, -0.25) is 4.68 Å². The van der Waals surface area contributed by atoms with Gasteiger partial charge in [0.15, 0.2) is 0 Å². The van der Waals surface area contributed by atoms with Crippen molar-refractivity contribution >= 4 is 32.9 Å². The second-order valence-electron chi connectivity index (χ2n) is 2.80. The Morgan fingerprint density at radius 2 is 2.36 bits per heavy atom. The number of aromatic carboxylic acids is 1. The Bertz CT molecular complexity index is 521. The van der Waals surface area contributed by atoms with Crippen LogP contribution in [0.4, 0.5) is 0 Å². The molecule has 0 aliphatic heterocycles. The third-order valence-electron chi connectivity index (χ3n) is 1.90. The molecule has 2 rings (SSSR count). The van der Waals surface area contributed by atoms with Crippen molar-refractivity contribution in [1.29, 1.82) is 0 Å². The van der Waals surface area contributed by atoms with Gasteiger partial charge in [0.2, 0.25) is 0 Å². The summed E-state index contributed by atoms with van der Waals surface area (Å²) in [6.07, 6.45) is 1.53. The predicted molar refractivity (Wildman–Crippen MR) is 53.2 cm³/mol. The summed E-state index contributed by atoms with van der Waals surface area (Å²) in [5, 5.41) is 12.9. The summed E-state index contributed by atoms with van der Waals surface area (Å²) in [7, 11) is 1.68. The lowest BCUT2D eigenvalue weighted by Gasteiger charge is -2.00. The molecule has 5 nitrogen and oxygen atoms in total. The second kappa shape index (κ2) is 3.06. The predicted octanol–water partition coefficient (Wildman–Crippen LogP) is 1.43. The molecule has 0 bridgehead atoms. The minimum Gasteiger partial charge on any atom is -0.478 e. The van der Waals surface area contributed by atoms with Crippen LogP contribution in [0.2, 0.25) is 0 Å². The van der Waals surface area contributed by atoms with E-state index >= 15 is 0 Å². The van der Waals surface area contributed by atoms with Gasteiger partial charge < -0.3 is 5.11 Å². The summed E-state index contributed by atoms with van der Waals surface area (Å²) in [5.74, 6) is -0.985. The van der Waals surface area contributed by atoms with Crippen molar-refractivity contribution in [2.75, 3.05) is 0 Å². The van der Waals surface area contributed by atoms with Crippen LogP contribution >= 0.6 is 15.9 Å². The zero-order valence-electron chi connectivity index (χ0n) is 7.23. The number of nitrogens with zero attached hydrogens (tertiary/aromatic N) is 3. The van der Waals surface area contributed by atoms with Crippen molar-refractivity contribution in [3.63, 3.8) is 0 Å². The molecule has 0 radical (unpaired) electrons. The molecule has 14 heavy (non-hydrogen) atoms. The van der Waals surface area contributed by atoms with Crippen LogP contribution in [0.3, 0.4) is 0 Å². The lowest BCUT2D eigenvalue weighted by Crippen LogP contribution is -2.02. The first-order chi connectivity index (χ1) is 6.59. The van der Waals surface area contributed by atoms with Crippen molar-refractivity contribution in [3.8, 4) is 0 Å². The Labute approximate surface area is 87.5 Å². The molecule has 72 valence electrons. The zero-order valence-corrected chi connectivity index (χ0v) is 8.82. The van der Waals surface area contributed by atoms with E-state index in [9.17, 15) is 4.79 Å². The maximum absolute atomic E-state index is 10.9. The summed E-state index contributed by atoms with van der Waals surface area (Å²) < 4.78 is 1.99. The molecule has 1 N–H and O–H groups in total. The number of fused-ring (bicyclic) bond motifs is 1. The summed E-state index contributed by atoms with van der Waals surface area (Å²) >= 11 is 3.15. The largest absolute Gasteiger partial charge is 0.478 e. The molecule has 0 amide bonds. The van der Waals surface area contributed by atoms with Gasteiger partial charge in [-0.25, -0.2) is 9.78 Å². The van der Waals surface area contributed by atoms with Crippen LogP contribution in [0.5, 0.6) is 0 Å². The Balaban J connectivity index is 2.90. The molecule has 2 aromatic rings. The molecule has 6 heteroatoms. The number of rotatable bonds is 1. The van der Waals surface area contributed by atoms with E-state index in [4.69, 9.17) is 5.11 Å². The molecule has 0 unspecified atom stereocenters. The van der Waals surface area contributed by atoms with Gasteiger partial charge in [0.1, 0.15) is 15.6 Å². The topological polar surface area (TPSA) is 68.0 Å². The first-order valence-corrected chi connectivity index (χ1v) is 4.60. The Morgan fingerprint density at radius 3 is 3.00 bits per heavy atom. The van der Waals surface area contributed by atoms with Crippen LogP contribution in [0.25, 0.3) is 11.0 Å². The summed E-state index contributed by atoms with van der Waals surface area (Å²) in [6.45, 7) is 0. The quantitative estimate of drug-likeness (QED) is 0.783. The third kappa shape index (κ3) is 1.27. The summed E-state index contributed by atoms with van der Waals surface area (Å²) in [6, 6.07) is 1.46. The lowest BCUT2D eigenvalue weighted by atomic mass is 10.2. The zero-order chi connectivity index (χ0) is 10.3. The molecule has 0 saturated carbocycles. The van der Waals surface area contributed by atoms with E-state index in [1.807, 2.05) is 0 Å². The average Bonchev–Trinajstić information content (AvgIpc) is 2.46. The van der Waals surface area contributed by atoms with E-state index < -0.39 is 5.97 Å². The highest BCUT2D eigenvalue weighted by Crippen LogP contribution is 2.20. The van der Waals surface area contributed by atoms with Crippen molar-refractivity contribution in [2.24, 2.45) is 7.05 Å². The smallest absolute Gasteiger partial charge is 0.338 e. The molecule has 0 atom stereocenters. The number of aryl methyl sites for hydroxylation is 1. The van der Waals surface area contributed by atoms with Gasteiger partial charge >= 0.3 is 5.97 Å². The summed E-state index contributed by atoms with van der Waals surface area (Å²) in [4.78, 5) is 15.0. The van der Waals surface area contributed by atoms with Gasteiger partial charge in [-0.05, 0) is 22.0 Å². The van der Waals surface area contributed by atoms with Gasteiger partial charge in [-0.2, -0.15) is 5.10 Å². The van der Waals surface area contributed by atoms with E-state index in [1.54, 1.807) is 7.05 Å². The van der Waals surface area contributed by atoms with Gasteiger partial charge in [0.25, 0.3) is 0 Å². The number of carboxylic acid groups (broad SMARTS) is 1. The van der Waals surface area contributed by atoms with Crippen molar-refractivity contribution in [1.82, 2.24) is 14.8 Å². The van der Waals surface area contributed by atoms with E-state index in [0.29, 0.717) is 15.6 Å². The Kier molecular flexibility index (Phi) is 1.99. The monoisotopic (exact) mass is 255 g/mol. The fourth-order valence-corrected chi connectivity index (χ4v) is 1.74. The van der Waals surface area contributed by atoms with Crippen LogP contribution in [0.1, 0.15) is 10.4 Å². The van der Waals surface area contributed by atoms with E-state index in [-0.39, 0.29) is 5.56 Å². The fourth-order valence-electron chi connectivity index (χ4n) is 1.32. The highest BCUT2D eigenvalue weighted by atomic mass is 79.9. The maximum Gasteiger partial charge on any atom is 0.338 e. The van der Waals surface area contributed by atoms with Crippen molar-refractivity contribution in [3.05, 3.63) is 22.4 Å². The first kappa shape index (κ1) is 9.14. The number of pyridine rings is 1. The van der Waals surface area contributed by atoms with Gasteiger partial charge in [-0.15, -0.1) is 0 Å². The number of hydrogen-bond donors (Lipinski definition) is 1. The van der Waals surface area contributed by atoms with Gasteiger partial charge in [-0.1, -0.05) is 0 Å². The third-order valence-corrected chi connectivity index (χ3v) is 2.30. The molecule has 0 aliphatic rings. The van der Waals surface area contributed by atoms with Gasteiger partial charge in [0.05, 0.1) is 11.8 Å². The first-order valence-electron chi connectivity index (χ1n) is 3.81. The van der Waals surface area contributed by atoms with Crippen LogP contribution in [0.15, 0.2) is 16.9 Å². The Hall–Kier alpha value is -1.43. The molecule has 0 fully saturated rings. The number of hydrogen-bond acceptors (Lipinski definition) is 3. The second-order valence-corrected chi connectivity index (χ2v) is 3.61. The molecule has 2 heterocycles. The standard InChI is InChI=1S/C8H6BrN3O2/c1-12-7-4(8(13)14)2-6(9)11-5(7)3-10-12/h2-3H,1H3,(H,13,14). The van der Waals surface area contributed by atoms with Gasteiger partial charge in [0, 0.05) is 7.05 Å². The van der Waals surface area contributed by atoms with Crippen LogP contribution < -0.4 is 0 Å². The van der Waals surface area contributed by atoms with E-state index in [1.165, 1.54) is 16.9 Å². The average molecular weight is 256 g/mol. The molecule has 0 aromatic carbocycles. The van der Waals surface area contributed by atoms with Crippen molar-refractivity contribution in [2.45, 2.75) is 0 Å². The van der Waals surface area contributed by atoms with Crippen LogP contribution in [-0.2, 0) is 7.05 Å². The molecular formula is C8H6BrN3O2. The highest BCUT2D eigenvalue weighted by Gasteiger charge is 2.14. The Morgan fingerprint density at radius 1 is 1.64 bits per heavy atom. The number of halogens is 1. The highest BCUT2D eigenvalue weighted by molar-refractivity contribution is 9.10. The summed E-state index contributed by atoms with van der Waals surface area (Å²) in [5.41, 5.74) is 1.29. The number of carboxylic acids is 1. The molecule has 0 aliphatic carbocycles. The minimum atomic E-state index is -0.985. The van der Waals surface area contributed by atoms with E-state index in [0.717, 1.165) is 0 Å². The minimum absolute atomic E-state index is 0.196. The molecular weight excluding hydrogens is 250 g/mol. The molecule has 0 saturated heterocycles. The van der Waals surface area contributed by atoms with E-state index in [2.05, 4.69) is 26.0 Å². The maximum atomic E-state index is 10.9. The SMILES string of the molecule is Cn1ncc2nc(Br)cc(C(=O)O)c21. The fraction of sp³-hybridized carbons (Fsp3) is 0.125. The van der Waals surface area contributed by atoms with Crippen LogP contribution in [-0.4, -0.2) is 25.8 Å². The molecule has 0 spiro atoms.